The molecule has 0 aliphatic rings. The summed E-state index contributed by atoms with van der Waals surface area (Å²) in [5, 5.41) is 7.52. The van der Waals surface area contributed by atoms with Gasteiger partial charge in [0.05, 0.1) is 15.6 Å². The molecule has 1 heterocycles. The van der Waals surface area contributed by atoms with Gasteiger partial charge >= 0.3 is 0 Å². The summed E-state index contributed by atoms with van der Waals surface area (Å²) in [6, 6.07) is 6.98. The number of rotatable bonds is 7. The molecule has 28 heavy (non-hydrogen) atoms. The number of aromatic nitrogens is 1. The average molecular weight is 537 g/mol. The lowest BCUT2D eigenvalue weighted by molar-refractivity contribution is 0.519. The van der Waals surface area contributed by atoms with E-state index in [-0.39, 0.29) is 24.0 Å². The van der Waals surface area contributed by atoms with E-state index in [1.165, 1.54) is 23.3 Å². The Morgan fingerprint density at radius 2 is 1.89 bits per heavy atom. The molecule has 2 aromatic rings. The van der Waals surface area contributed by atoms with Gasteiger partial charge in [0.25, 0.3) is 0 Å². The minimum absolute atomic E-state index is 0. The standard InChI is InChI=1S/C18H27N5O2S2.HI/c1-13-14(2)26-17(22-13)10-11-20-18(19-3)21-12-15-8-6-7-9-16(15)27(24,25)23(4)5;/h6-9H,10-12H2,1-5H3,(H2,19,20,21);1H. The van der Waals surface area contributed by atoms with Crippen molar-refractivity contribution in [2.75, 3.05) is 27.7 Å². The van der Waals surface area contributed by atoms with E-state index in [4.69, 9.17) is 0 Å². The smallest absolute Gasteiger partial charge is 0.242 e. The summed E-state index contributed by atoms with van der Waals surface area (Å²) in [5.74, 6) is 0.622. The molecule has 1 aromatic heterocycles. The molecule has 1 aromatic carbocycles. The number of halogens is 1. The van der Waals surface area contributed by atoms with Crippen molar-refractivity contribution in [2.24, 2.45) is 4.99 Å². The van der Waals surface area contributed by atoms with Gasteiger partial charge in [-0.15, -0.1) is 35.3 Å². The Kier molecular flexibility index (Phi) is 9.81. The lowest BCUT2D eigenvalue weighted by Gasteiger charge is -2.16. The van der Waals surface area contributed by atoms with Crippen LogP contribution in [0.5, 0.6) is 0 Å². The third kappa shape index (κ3) is 6.39. The van der Waals surface area contributed by atoms with Crippen molar-refractivity contribution in [1.82, 2.24) is 19.9 Å². The number of nitrogens with one attached hydrogen (secondary N) is 2. The van der Waals surface area contributed by atoms with E-state index in [1.807, 2.05) is 13.0 Å². The van der Waals surface area contributed by atoms with Crippen molar-refractivity contribution in [3.8, 4) is 0 Å². The average Bonchev–Trinajstić information content (AvgIpc) is 2.95. The van der Waals surface area contributed by atoms with E-state index in [2.05, 4.69) is 27.5 Å². The molecule has 2 N–H and O–H groups in total. The fourth-order valence-corrected chi connectivity index (χ4v) is 4.48. The lowest BCUT2D eigenvalue weighted by atomic mass is 10.2. The van der Waals surface area contributed by atoms with Gasteiger partial charge in [-0.25, -0.2) is 17.7 Å². The largest absolute Gasteiger partial charge is 0.356 e. The molecule has 0 unspecified atom stereocenters. The Morgan fingerprint density at radius 1 is 1.21 bits per heavy atom. The summed E-state index contributed by atoms with van der Waals surface area (Å²) >= 11 is 1.71. The number of thiazole rings is 1. The number of benzene rings is 1. The van der Waals surface area contributed by atoms with Crippen molar-refractivity contribution in [3.05, 3.63) is 45.4 Å². The Labute approximate surface area is 188 Å². The first kappa shape index (κ1) is 24.8. The summed E-state index contributed by atoms with van der Waals surface area (Å²) in [5.41, 5.74) is 1.77. The van der Waals surface area contributed by atoms with E-state index in [0.29, 0.717) is 29.5 Å². The van der Waals surface area contributed by atoms with Crippen LogP contribution in [0.15, 0.2) is 34.2 Å². The van der Waals surface area contributed by atoms with E-state index in [1.54, 1.807) is 36.6 Å². The van der Waals surface area contributed by atoms with Gasteiger partial charge in [-0.2, -0.15) is 0 Å². The van der Waals surface area contributed by atoms with E-state index in [0.717, 1.165) is 17.1 Å². The number of guanidine groups is 1. The van der Waals surface area contributed by atoms with Gasteiger partial charge in [0.2, 0.25) is 10.0 Å². The van der Waals surface area contributed by atoms with E-state index < -0.39 is 10.0 Å². The van der Waals surface area contributed by atoms with Crippen molar-refractivity contribution >= 4 is 51.3 Å². The Morgan fingerprint density at radius 3 is 2.46 bits per heavy atom. The van der Waals surface area contributed by atoms with Crippen LogP contribution in [0.25, 0.3) is 0 Å². The molecule has 0 amide bonds. The van der Waals surface area contributed by atoms with Gasteiger partial charge in [0.1, 0.15) is 0 Å². The molecule has 0 saturated heterocycles. The number of hydrogen-bond donors (Lipinski definition) is 2. The summed E-state index contributed by atoms with van der Waals surface area (Å²) in [4.78, 5) is 10.3. The van der Waals surface area contributed by atoms with Crippen LogP contribution in [0.2, 0.25) is 0 Å². The Bertz CT molecular complexity index is 891. The summed E-state index contributed by atoms with van der Waals surface area (Å²) in [6.45, 7) is 5.15. The zero-order chi connectivity index (χ0) is 20.0. The second-order valence-electron chi connectivity index (χ2n) is 6.25. The molecule has 0 saturated carbocycles. The van der Waals surface area contributed by atoms with Crippen molar-refractivity contribution in [2.45, 2.75) is 31.7 Å². The molecule has 0 bridgehead atoms. The summed E-state index contributed by atoms with van der Waals surface area (Å²) < 4.78 is 26.2. The van der Waals surface area contributed by atoms with Crippen LogP contribution in [0.1, 0.15) is 21.1 Å². The number of aryl methyl sites for hydroxylation is 2. The van der Waals surface area contributed by atoms with Gasteiger partial charge in [-0.3, -0.25) is 4.99 Å². The molecule has 156 valence electrons. The topological polar surface area (TPSA) is 86.7 Å². The van der Waals surface area contributed by atoms with Crippen molar-refractivity contribution in [1.29, 1.82) is 0 Å². The summed E-state index contributed by atoms with van der Waals surface area (Å²) in [6.07, 6.45) is 0.811. The fraction of sp³-hybridized carbons (Fsp3) is 0.444. The third-order valence-corrected chi connectivity index (χ3v) is 7.15. The maximum absolute atomic E-state index is 12.5. The van der Waals surface area contributed by atoms with E-state index in [9.17, 15) is 8.42 Å². The molecule has 0 spiro atoms. The second-order valence-corrected chi connectivity index (χ2v) is 9.65. The van der Waals surface area contributed by atoms with Crippen molar-refractivity contribution < 1.29 is 8.42 Å². The highest BCUT2D eigenvalue weighted by Gasteiger charge is 2.20. The van der Waals surface area contributed by atoms with Crippen LogP contribution in [-0.4, -0.2) is 51.4 Å². The molecule has 7 nitrogen and oxygen atoms in total. The zero-order valence-corrected chi connectivity index (χ0v) is 20.8. The first-order valence-electron chi connectivity index (χ1n) is 8.63. The van der Waals surface area contributed by atoms with Crippen LogP contribution >= 0.6 is 35.3 Å². The van der Waals surface area contributed by atoms with Crippen LogP contribution < -0.4 is 10.6 Å². The van der Waals surface area contributed by atoms with Gasteiger partial charge in [0, 0.05) is 45.5 Å². The van der Waals surface area contributed by atoms with Gasteiger partial charge in [-0.1, -0.05) is 18.2 Å². The molecule has 0 aliphatic carbocycles. The predicted molar refractivity (Wildman–Crippen MR) is 126 cm³/mol. The van der Waals surface area contributed by atoms with Gasteiger partial charge in [0.15, 0.2) is 5.96 Å². The third-order valence-electron chi connectivity index (χ3n) is 4.11. The normalized spacial score (nSPS) is 12.0. The summed E-state index contributed by atoms with van der Waals surface area (Å²) in [7, 11) is 1.26. The number of aliphatic imine (C=N–C) groups is 1. The second kappa shape index (κ2) is 11.1. The minimum atomic E-state index is -3.49. The van der Waals surface area contributed by atoms with Crippen LogP contribution in [0, 0.1) is 13.8 Å². The fourth-order valence-electron chi connectivity index (χ4n) is 2.43. The SMILES string of the molecule is CN=C(NCCc1nc(C)c(C)s1)NCc1ccccc1S(=O)(=O)N(C)C.I. The van der Waals surface area contributed by atoms with Crippen molar-refractivity contribution in [3.63, 3.8) is 0 Å². The minimum Gasteiger partial charge on any atom is -0.356 e. The number of nitrogens with zero attached hydrogens (tertiary/aromatic N) is 3. The highest BCUT2D eigenvalue weighted by molar-refractivity contribution is 14.0. The molecular weight excluding hydrogens is 509 g/mol. The molecule has 2 rings (SSSR count). The first-order valence-corrected chi connectivity index (χ1v) is 10.9. The molecule has 0 atom stereocenters. The monoisotopic (exact) mass is 537 g/mol. The Hall–Kier alpha value is -1.24. The molecule has 0 fully saturated rings. The molecule has 0 aliphatic heterocycles. The molecule has 0 radical (unpaired) electrons. The van der Waals surface area contributed by atoms with Gasteiger partial charge in [-0.05, 0) is 25.5 Å². The maximum atomic E-state index is 12.5. The maximum Gasteiger partial charge on any atom is 0.242 e. The number of sulfonamides is 1. The van der Waals surface area contributed by atoms with E-state index >= 15 is 0 Å². The van der Waals surface area contributed by atoms with Gasteiger partial charge < -0.3 is 10.6 Å². The predicted octanol–water partition coefficient (Wildman–Crippen LogP) is 2.54. The Balaban J connectivity index is 0.00000392. The molecular formula is C18H28IN5O2S2. The lowest BCUT2D eigenvalue weighted by Crippen LogP contribution is -2.38. The first-order chi connectivity index (χ1) is 12.8. The molecule has 10 heteroatoms. The van der Waals surface area contributed by atoms with Crippen LogP contribution in [-0.2, 0) is 23.0 Å². The zero-order valence-electron chi connectivity index (χ0n) is 16.8. The highest BCUT2D eigenvalue weighted by atomic mass is 127. The number of hydrogen-bond acceptors (Lipinski definition) is 5. The quantitative estimate of drug-likeness (QED) is 0.322. The highest BCUT2D eigenvalue weighted by Crippen LogP contribution is 2.18. The van der Waals surface area contributed by atoms with Crippen LogP contribution in [0.3, 0.4) is 0 Å². The van der Waals surface area contributed by atoms with Crippen LogP contribution in [0.4, 0.5) is 0 Å².